The molecule has 1 aromatic heterocycles. The second-order valence-electron chi connectivity index (χ2n) is 4.32. The summed E-state index contributed by atoms with van der Waals surface area (Å²) in [6.45, 7) is 0. The molecule has 0 aliphatic heterocycles. The fraction of sp³-hybridized carbons (Fsp3) is 0. The second-order valence-corrected chi connectivity index (χ2v) is 4.32. The van der Waals surface area contributed by atoms with Crippen molar-refractivity contribution in [3.05, 3.63) is 53.6 Å². The highest BCUT2D eigenvalue weighted by molar-refractivity contribution is 6.27. The van der Waals surface area contributed by atoms with E-state index in [0.29, 0.717) is 0 Å². The van der Waals surface area contributed by atoms with Crippen LogP contribution in [-0.4, -0.2) is 15.9 Å². The topological polar surface area (TPSA) is 67.1 Å². The maximum absolute atomic E-state index is 5.58. The molecule has 3 N–H and O–H groups in total. The van der Waals surface area contributed by atoms with Crippen LogP contribution < -0.4 is 5.84 Å². The van der Waals surface area contributed by atoms with Gasteiger partial charge in [0.15, 0.2) is 0 Å². The Morgan fingerprint density at radius 3 is 2.56 bits per heavy atom. The highest BCUT2D eigenvalue weighted by Gasteiger charge is 2.25. The van der Waals surface area contributed by atoms with Crippen LogP contribution in [0.3, 0.4) is 0 Å². The monoisotopic (exact) mass is 234 g/mol. The summed E-state index contributed by atoms with van der Waals surface area (Å²) >= 11 is 0. The van der Waals surface area contributed by atoms with Gasteiger partial charge in [0.25, 0.3) is 0 Å². The summed E-state index contributed by atoms with van der Waals surface area (Å²) in [5.41, 5.74) is 5.96. The van der Waals surface area contributed by atoms with Gasteiger partial charge in [-0.25, -0.2) is 0 Å². The number of hydrogen-bond acceptors (Lipinski definition) is 3. The van der Waals surface area contributed by atoms with Gasteiger partial charge in [-0.15, -0.1) is 0 Å². The summed E-state index contributed by atoms with van der Waals surface area (Å²) in [5, 5.41) is 12.5. The summed E-state index contributed by atoms with van der Waals surface area (Å²) in [6, 6.07) is 14.1. The Hall–Kier alpha value is -2.62. The Morgan fingerprint density at radius 1 is 0.944 bits per heavy atom. The minimum absolute atomic E-state index is 0.824. The third kappa shape index (κ3) is 0.996. The molecule has 0 fully saturated rings. The number of nitrogens with two attached hydrogens (primary N) is 1. The van der Waals surface area contributed by atoms with E-state index in [2.05, 4.69) is 15.3 Å². The highest BCUT2D eigenvalue weighted by Crippen LogP contribution is 2.37. The lowest BCUT2D eigenvalue weighted by atomic mass is 9.87. The van der Waals surface area contributed by atoms with Crippen molar-refractivity contribution in [2.75, 3.05) is 0 Å². The van der Waals surface area contributed by atoms with Crippen molar-refractivity contribution in [3.63, 3.8) is 0 Å². The number of benzene rings is 2. The van der Waals surface area contributed by atoms with Crippen molar-refractivity contribution < 1.29 is 0 Å². The molecule has 0 atom stereocenters. The number of hydrogen-bond donors (Lipinski definition) is 2. The standard InChI is InChI=1S/C14H10N4/c15-16-13-8-4-1-2-5-9(8)14-12-10(13)6-3-7-11(12)17-18-14/h1-7H,15H2,(H,17,18). The zero-order valence-electron chi connectivity index (χ0n) is 9.51. The number of hydrazone groups is 1. The van der Waals surface area contributed by atoms with Crippen LogP contribution >= 0.6 is 0 Å². The van der Waals surface area contributed by atoms with Crippen LogP contribution in [0.25, 0.3) is 22.2 Å². The predicted molar refractivity (Wildman–Crippen MR) is 71.4 cm³/mol. The zero-order valence-corrected chi connectivity index (χ0v) is 9.51. The van der Waals surface area contributed by atoms with Crippen LogP contribution in [0.2, 0.25) is 0 Å². The van der Waals surface area contributed by atoms with Gasteiger partial charge in [-0.3, -0.25) is 5.10 Å². The number of aromatic amines is 1. The number of nitrogens with zero attached hydrogens (tertiary/aromatic N) is 2. The van der Waals surface area contributed by atoms with Crippen LogP contribution in [0.15, 0.2) is 47.6 Å². The van der Waals surface area contributed by atoms with Crippen molar-refractivity contribution in [1.29, 1.82) is 0 Å². The van der Waals surface area contributed by atoms with E-state index in [1.807, 2.05) is 42.5 Å². The van der Waals surface area contributed by atoms with E-state index >= 15 is 0 Å². The maximum atomic E-state index is 5.58. The molecule has 86 valence electrons. The molecule has 1 aliphatic rings. The maximum Gasteiger partial charge on any atom is 0.101 e. The molecular weight excluding hydrogens is 224 g/mol. The molecule has 0 amide bonds. The van der Waals surface area contributed by atoms with E-state index in [9.17, 15) is 0 Å². The molecular formula is C14H10N4. The van der Waals surface area contributed by atoms with E-state index in [-0.39, 0.29) is 0 Å². The fourth-order valence-electron chi connectivity index (χ4n) is 2.65. The van der Waals surface area contributed by atoms with Crippen molar-refractivity contribution in [2.24, 2.45) is 10.9 Å². The van der Waals surface area contributed by atoms with Crippen molar-refractivity contribution >= 4 is 16.6 Å². The lowest BCUT2D eigenvalue weighted by molar-refractivity contribution is 1.12. The summed E-state index contributed by atoms with van der Waals surface area (Å²) < 4.78 is 0. The number of H-pyrrole nitrogens is 1. The van der Waals surface area contributed by atoms with Crippen molar-refractivity contribution in [1.82, 2.24) is 10.2 Å². The molecule has 0 saturated carbocycles. The lowest BCUT2D eigenvalue weighted by Crippen LogP contribution is -2.12. The molecule has 0 spiro atoms. The third-order valence-electron chi connectivity index (χ3n) is 3.41. The van der Waals surface area contributed by atoms with E-state index in [4.69, 9.17) is 5.84 Å². The average molecular weight is 234 g/mol. The summed E-state index contributed by atoms with van der Waals surface area (Å²) in [5.74, 6) is 5.58. The van der Waals surface area contributed by atoms with Gasteiger partial charge in [-0.2, -0.15) is 10.2 Å². The molecule has 4 nitrogen and oxygen atoms in total. The molecule has 3 aromatic rings. The third-order valence-corrected chi connectivity index (χ3v) is 3.41. The summed E-state index contributed by atoms with van der Waals surface area (Å²) in [7, 11) is 0. The Bertz CT molecular complexity index is 798. The van der Waals surface area contributed by atoms with E-state index in [0.717, 1.165) is 39.0 Å². The molecule has 4 heteroatoms. The minimum Gasteiger partial charge on any atom is -0.323 e. The second kappa shape index (κ2) is 3.20. The van der Waals surface area contributed by atoms with E-state index in [1.54, 1.807) is 0 Å². The molecule has 18 heavy (non-hydrogen) atoms. The molecule has 0 bridgehead atoms. The Kier molecular flexibility index (Phi) is 1.67. The van der Waals surface area contributed by atoms with Gasteiger partial charge in [0.05, 0.1) is 11.2 Å². The molecule has 0 unspecified atom stereocenters. The van der Waals surface area contributed by atoms with Crippen LogP contribution in [0.5, 0.6) is 0 Å². The van der Waals surface area contributed by atoms with E-state index < -0.39 is 0 Å². The van der Waals surface area contributed by atoms with Gasteiger partial charge < -0.3 is 5.84 Å². The van der Waals surface area contributed by atoms with E-state index in [1.165, 1.54) is 0 Å². The number of fused-ring (bicyclic) bond motifs is 2. The Labute approximate surface area is 103 Å². The first-order valence-corrected chi connectivity index (χ1v) is 5.75. The predicted octanol–water partition coefficient (Wildman–Crippen LogP) is 2.25. The molecule has 2 aromatic carbocycles. The van der Waals surface area contributed by atoms with Gasteiger partial charge in [0, 0.05) is 22.1 Å². The first-order valence-electron chi connectivity index (χ1n) is 5.75. The average Bonchev–Trinajstić information content (AvgIpc) is 2.85. The smallest absolute Gasteiger partial charge is 0.101 e. The van der Waals surface area contributed by atoms with Crippen LogP contribution in [0, 0.1) is 0 Å². The first-order chi connectivity index (χ1) is 8.90. The van der Waals surface area contributed by atoms with Gasteiger partial charge in [-0.05, 0) is 6.07 Å². The van der Waals surface area contributed by atoms with Gasteiger partial charge in [0.1, 0.15) is 5.69 Å². The zero-order chi connectivity index (χ0) is 12.1. The molecule has 0 radical (unpaired) electrons. The largest absolute Gasteiger partial charge is 0.323 e. The first kappa shape index (κ1) is 9.41. The number of aromatic nitrogens is 2. The fourth-order valence-corrected chi connectivity index (χ4v) is 2.65. The van der Waals surface area contributed by atoms with Gasteiger partial charge >= 0.3 is 0 Å². The normalized spacial score (nSPS) is 15.0. The van der Waals surface area contributed by atoms with Crippen molar-refractivity contribution in [3.8, 4) is 11.3 Å². The highest BCUT2D eigenvalue weighted by atomic mass is 15.1. The summed E-state index contributed by atoms with van der Waals surface area (Å²) in [4.78, 5) is 0. The van der Waals surface area contributed by atoms with Crippen molar-refractivity contribution in [2.45, 2.75) is 0 Å². The SMILES string of the molecule is NN=C1c2ccccc2-c2n[nH]c3cccc1c23. The van der Waals surface area contributed by atoms with Crippen LogP contribution in [-0.2, 0) is 0 Å². The molecule has 1 aliphatic carbocycles. The van der Waals surface area contributed by atoms with Gasteiger partial charge in [-0.1, -0.05) is 36.4 Å². The lowest BCUT2D eigenvalue weighted by Gasteiger charge is -2.16. The Morgan fingerprint density at radius 2 is 1.72 bits per heavy atom. The van der Waals surface area contributed by atoms with Gasteiger partial charge in [0.2, 0.25) is 0 Å². The molecule has 0 saturated heterocycles. The number of rotatable bonds is 0. The minimum atomic E-state index is 0.824. The summed E-state index contributed by atoms with van der Waals surface area (Å²) in [6.07, 6.45) is 0. The quantitative estimate of drug-likeness (QED) is 0.362. The van der Waals surface area contributed by atoms with Crippen LogP contribution in [0.1, 0.15) is 11.1 Å². The molecule has 4 rings (SSSR count). The number of nitrogens with one attached hydrogen (secondary N) is 1. The van der Waals surface area contributed by atoms with Crippen LogP contribution in [0.4, 0.5) is 0 Å². The molecule has 1 heterocycles. The Balaban J connectivity index is 2.27.